The van der Waals surface area contributed by atoms with Gasteiger partial charge in [0.15, 0.2) is 0 Å². The zero-order valence-electron chi connectivity index (χ0n) is 19.4. The van der Waals surface area contributed by atoms with E-state index in [1.165, 1.54) is 57.2 Å². The van der Waals surface area contributed by atoms with Gasteiger partial charge in [-0.15, -0.1) is 0 Å². The van der Waals surface area contributed by atoms with E-state index in [0.717, 1.165) is 23.1 Å². The first-order valence-corrected chi connectivity index (χ1v) is 12.5. The van der Waals surface area contributed by atoms with E-state index < -0.39 is 5.92 Å². The first kappa shape index (κ1) is 20.3. The second-order valence-corrected chi connectivity index (χ2v) is 10.6. The molecule has 1 aromatic heterocycles. The minimum absolute atomic E-state index is 0.00197. The number of fused-ring (bicyclic) bond motifs is 4. The molecule has 0 radical (unpaired) electrons. The zero-order chi connectivity index (χ0) is 23.0. The first-order chi connectivity index (χ1) is 16.5. The summed E-state index contributed by atoms with van der Waals surface area (Å²) in [4.78, 5) is 4.93. The number of pyridine rings is 1. The van der Waals surface area contributed by atoms with Crippen molar-refractivity contribution in [2.75, 3.05) is 0 Å². The molecule has 0 aliphatic heterocycles. The van der Waals surface area contributed by atoms with Crippen LogP contribution in [-0.2, 0) is 6.42 Å². The highest BCUT2D eigenvalue weighted by Gasteiger charge is 2.40. The Morgan fingerprint density at radius 2 is 1.68 bits per heavy atom. The van der Waals surface area contributed by atoms with Crippen molar-refractivity contribution in [2.24, 2.45) is 0 Å². The standard InChI is InChI=1S/C31H27F2N/c1-18-12-26-23-5-3-2-4-20(23)14-27(26)28(13-18)30-29-16-22(21-8-10-31(32,33)17-21)15-25(19-6-7-19)24(29)9-11-34-30/h2-5,9,11-13,15-16,19,21H,6-8,10,14,17H2,1H3. The molecule has 4 aromatic rings. The summed E-state index contributed by atoms with van der Waals surface area (Å²) in [5.41, 5.74) is 11.1. The number of aryl methyl sites for hydroxylation is 1. The highest BCUT2D eigenvalue weighted by molar-refractivity contribution is 5.99. The summed E-state index contributed by atoms with van der Waals surface area (Å²) in [7, 11) is 0. The number of aromatic nitrogens is 1. The number of hydrogen-bond donors (Lipinski definition) is 0. The number of alkyl halides is 2. The molecule has 1 atom stereocenters. The Labute approximate surface area is 198 Å². The van der Waals surface area contributed by atoms with Crippen LogP contribution in [0.3, 0.4) is 0 Å². The second-order valence-electron chi connectivity index (χ2n) is 10.6. The number of hydrogen-bond acceptors (Lipinski definition) is 1. The number of halogens is 2. The highest BCUT2D eigenvalue weighted by Crippen LogP contribution is 2.50. The number of nitrogens with zero attached hydrogens (tertiary/aromatic N) is 1. The summed E-state index contributed by atoms with van der Waals surface area (Å²) >= 11 is 0. The minimum atomic E-state index is -2.54. The first-order valence-electron chi connectivity index (χ1n) is 12.5. The van der Waals surface area contributed by atoms with Crippen LogP contribution in [0, 0.1) is 6.92 Å². The molecule has 0 N–H and O–H groups in total. The Kier molecular flexibility index (Phi) is 4.31. The molecule has 3 aliphatic rings. The molecule has 170 valence electrons. The highest BCUT2D eigenvalue weighted by atomic mass is 19.3. The summed E-state index contributed by atoms with van der Waals surface area (Å²) in [5, 5.41) is 2.37. The van der Waals surface area contributed by atoms with Gasteiger partial charge in [-0.2, -0.15) is 0 Å². The maximum atomic E-state index is 14.1. The molecule has 0 spiro atoms. The van der Waals surface area contributed by atoms with Crippen molar-refractivity contribution in [3.05, 3.63) is 88.6 Å². The molecule has 1 heterocycles. The van der Waals surface area contributed by atoms with Crippen LogP contribution in [0.4, 0.5) is 8.78 Å². The molecule has 7 rings (SSSR count). The van der Waals surface area contributed by atoms with Gasteiger partial charge in [0.1, 0.15) is 0 Å². The van der Waals surface area contributed by atoms with Crippen LogP contribution < -0.4 is 0 Å². The van der Waals surface area contributed by atoms with E-state index in [1.807, 2.05) is 6.20 Å². The van der Waals surface area contributed by atoms with Gasteiger partial charge >= 0.3 is 0 Å². The van der Waals surface area contributed by atoms with Crippen LogP contribution in [0.15, 0.2) is 60.8 Å². The summed E-state index contributed by atoms with van der Waals surface area (Å²) in [6.07, 6.45) is 5.74. The van der Waals surface area contributed by atoms with E-state index in [4.69, 9.17) is 4.98 Å². The monoisotopic (exact) mass is 451 g/mol. The summed E-state index contributed by atoms with van der Waals surface area (Å²) in [6, 6.07) is 19.8. The Morgan fingerprint density at radius 3 is 2.47 bits per heavy atom. The summed E-state index contributed by atoms with van der Waals surface area (Å²) in [5.74, 6) is -2.06. The molecule has 3 aromatic carbocycles. The van der Waals surface area contributed by atoms with Crippen LogP contribution in [0.25, 0.3) is 33.2 Å². The molecule has 2 fully saturated rings. The number of benzene rings is 3. The fraction of sp³-hybridized carbons (Fsp3) is 0.323. The van der Waals surface area contributed by atoms with E-state index in [-0.39, 0.29) is 18.8 Å². The molecule has 1 unspecified atom stereocenters. The molecule has 0 amide bonds. The Balaban J connectivity index is 1.46. The molecule has 34 heavy (non-hydrogen) atoms. The van der Waals surface area contributed by atoms with Gasteiger partial charge in [-0.3, -0.25) is 4.98 Å². The summed E-state index contributed by atoms with van der Waals surface area (Å²) < 4.78 is 28.2. The maximum absolute atomic E-state index is 14.1. The van der Waals surface area contributed by atoms with Crippen molar-refractivity contribution < 1.29 is 8.78 Å². The van der Waals surface area contributed by atoms with Gasteiger partial charge in [-0.25, -0.2) is 8.78 Å². The van der Waals surface area contributed by atoms with Gasteiger partial charge in [0.2, 0.25) is 5.92 Å². The van der Waals surface area contributed by atoms with Gasteiger partial charge in [-0.1, -0.05) is 36.4 Å². The molecule has 3 heteroatoms. The molecule has 0 saturated heterocycles. The molecular weight excluding hydrogens is 424 g/mol. The SMILES string of the molecule is Cc1cc2c(c(-c3nccc4c(C5CC5)cc(C5CCC(F)(F)C5)cc34)c1)Cc1ccccc1-2. The van der Waals surface area contributed by atoms with E-state index in [9.17, 15) is 8.78 Å². The summed E-state index contributed by atoms with van der Waals surface area (Å²) in [6.45, 7) is 2.15. The fourth-order valence-electron chi connectivity index (χ4n) is 6.34. The molecule has 3 aliphatic carbocycles. The Morgan fingerprint density at radius 1 is 0.853 bits per heavy atom. The molecule has 0 bridgehead atoms. The lowest BCUT2D eigenvalue weighted by Gasteiger charge is -2.18. The lowest BCUT2D eigenvalue weighted by atomic mass is 9.88. The van der Waals surface area contributed by atoms with Gasteiger partial charge < -0.3 is 0 Å². The van der Waals surface area contributed by atoms with Crippen molar-refractivity contribution in [3.63, 3.8) is 0 Å². The van der Waals surface area contributed by atoms with Gasteiger partial charge in [0, 0.05) is 30.0 Å². The van der Waals surface area contributed by atoms with Crippen molar-refractivity contribution in [3.8, 4) is 22.4 Å². The average molecular weight is 452 g/mol. The molecule has 2 saturated carbocycles. The normalized spacial score (nSPS) is 20.5. The smallest absolute Gasteiger partial charge is 0.248 e. The maximum Gasteiger partial charge on any atom is 0.248 e. The van der Waals surface area contributed by atoms with E-state index >= 15 is 0 Å². The zero-order valence-corrected chi connectivity index (χ0v) is 19.4. The Bertz CT molecular complexity index is 1460. The second kappa shape index (κ2) is 7.21. The lowest BCUT2D eigenvalue weighted by molar-refractivity contribution is 0.00777. The lowest BCUT2D eigenvalue weighted by Crippen LogP contribution is -2.09. The van der Waals surface area contributed by atoms with Crippen molar-refractivity contribution >= 4 is 10.8 Å². The predicted molar refractivity (Wildman–Crippen MR) is 134 cm³/mol. The van der Waals surface area contributed by atoms with Crippen molar-refractivity contribution in [1.29, 1.82) is 0 Å². The quantitative estimate of drug-likeness (QED) is 0.268. The number of rotatable bonds is 3. The van der Waals surface area contributed by atoms with Crippen LogP contribution in [-0.4, -0.2) is 10.9 Å². The van der Waals surface area contributed by atoms with E-state index in [0.29, 0.717) is 12.3 Å². The van der Waals surface area contributed by atoms with Crippen LogP contribution >= 0.6 is 0 Å². The predicted octanol–water partition coefficient (Wildman–Crippen LogP) is 8.56. The van der Waals surface area contributed by atoms with Gasteiger partial charge in [0.05, 0.1) is 5.69 Å². The minimum Gasteiger partial charge on any atom is -0.256 e. The third-order valence-corrected chi connectivity index (χ3v) is 8.15. The average Bonchev–Trinajstić information content (AvgIpc) is 3.52. The largest absolute Gasteiger partial charge is 0.256 e. The third kappa shape index (κ3) is 3.20. The van der Waals surface area contributed by atoms with Crippen molar-refractivity contribution in [2.45, 2.75) is 63.2 Å². The molecule has 1 nitrogen and oxygen atoms in total. The fourth-order valence-corrected chi connectivity index (χ4v) is 6.34. The van der Waals surface area contributed by atoms with Gasteiger partial charge in [0.25, 0.3) is 0 Å². The molecular formula is C31H27F2N. The van der Waals surface area contributed by atoms with E-state index in [2.05, 4.69) is 61.5 Å². The van der Waals surface area contributed by atoms with Gasteiger partial charge in [-0.05, 0) is 107 Å². The van der Waals surface area contributed by atoms with Crippen LogP contribution in [0.2, 0.25) is 0 Å². The van der Waals surface area contributed by atoms with Crippen LogP contribution in [0.5, 0.6) is 0 Å². The van der Waals surface area contributed by atoms with Crippen LogP contribution in [0.1, 0.15) is 71.8 Å². The third-order valence-electron chi connectivity index (χ3n) is 8.15. The van der Waals surface area contributed by atoms with E-state index in [1.54, 1.807) is 0 Å². The topological polar surface area (TPSA) is 12.9 Å². The Hall–Kier alpha value is -3.07. The van der Waals surface area contributed by atoms with Crippen molar-refractivity contribution in [1.82, 2.24) is 4.98 Å².